The molecule has 0 saturated carbocycles. The molecule has 4 rings (SSSR count). The summed E-state index contributed by atoms with van der Waals surface area (Å²) in [6, 6.07) is 16.4. The lowest BCUT2D eigenvalue weighted by atomic mass is 9.91. The van der Waals surface area contributed by atoms with Crippen LogP contribution < -0.4 is 10.4 Å². The number of nitrogens with zero attached hydrogens (tertiary/aromatic N) is 2. The zero-order valence-electron chi connectivity index (χ0n) is 23.3. The Morgan fingerprint density at radius 2 is 0.919 bits per heavy atom. The Hall–Kier alpha value is -2.16. The first-order valence-electron chi connectivity index (χ1n) is 13.4. The second-order valence-corrected chi connectivity index (χ2v) is 16.2. The van der Waals surface area contributed by atoms with Gasteiger partial charge in [0.05, 0.1) is 37.5 Å². The van der Waals surface area contributed by atoms with Crippen molar-refractivity contribution in [2.45, 2.75) is 51.9 Å². The normalized spacial score (nSPS) is 18.5. The molecule has 0 atom stereocenters. The van der Waals surface area contributed by atoms with E-state index in [0.29, 0.717) is 26.4 Å². The standard InChI is InChI=1S/C30H42N2O4Si/c1-29(2,31-15-19-35-20-16-31)27(33)23-7-11-25(12-8-23)37(5,6)26-13-9-24(10-14-26)28(34)30(3,4)32-17-21-36-22-18-32/h7-14H,15-22H2,1-6H3. The lowest BCUT2D eigenvalue weighted by Gasteiger charge is -2.39. The molecule has 2 saturated heterocycles. The van der Waals surface area contributed by atoms with Crippen LogP contribution in [0.5, 0.6) is 0 Å². The fraction of sp³-hybridized carbons (Fsp3) is 0.533. The van der Waals surface area contributed by atoms with Crippen molar-refractivity contribution in [3.05, 3.63) is 59.7 Å². The molecule has 0 radical (unpaired) electrons. The van der Waals surface area contributed by atoms with Crippen LogP contribution in [0.4, 0.5) is 0 Å². The molecule has 2 aliphatic heterocycles. The molecule has 2 aromatic rings. The number of Topliss-reactive ketones (excluding diaryl/α,β-unsaturated/α-hetero) is 2. The fourth-order valence-electron chi connectivity index (χ4n) is 5.48. The average Bonchev–Trinajstić information content (AvgIpc) is 2.93. The lowest BCUT2D eigenvalue weighted by molar-refractivity contribution is -0.00442. The molecule has 0 N–H and O–H groups in total. The van der Waals surface area contributed by atoms with Crippen molar-refractivity contribution >= 4 is 30.0 Å². The van der Waals surface area contributed by atoms with E-state index in [9.17, 15) is 9.59 Å². The Labute approximate surface area is 222 Å². The Morgan fingerprint density at radius 1 is 0.622 bits per heavy atom. The third-order valence-corrected chi connectivity index (χ3v) is 12.0. The SMILES string of the molecule is CC(C)(C(=O)c1ccc([Si](C)(C)c2ccc(C(=O)C(C)(C)N3CCOCC3)cc2)cc1)N1CCOCC1. The predicted molar refractivity (Wildman–Crippen MR) is 151 cm³/mol. The maximum Gasteiger partial charge on any atom is 0.182 e. The van der Waals surface area contributed by atoms with Crippen molar-refractivity contribution in [2.75, 3.05) is 52.6 Å². The zero-order valence-corrected chi connectivity index (χ0v) is 24.3. The zero-order chi connectivity index (χ0) is 26.8. The molecule has 37 heavy (non-hydrogen) atoms. The van der Waals surface area contributed by atoms with Crippen molar-refractivity contribution in [1.29, 1.82) is 0 Å². The lowest BCUT2D eigenvalue weighted by Crippen LogP contribution is -2.55. The van der Waals surface area contributed by atoms with Crippen molar-refractivity contribution in [3.8, 4) is 0 Å². The van der Waals surface area contributed by atoms with E-state index in [1.165, 1.54) is 10.4 Å². The Balaban J connectivity index is 1.48. The molecule has 7 heteroatoms. The second kappa shape index (κ2) is 10.9. The summed E-state index contributed by atoms with van der Waals surface area (Å²) in [5, 5.41) is 2.53. The van der Waals surface area contributed by atoms with Crippen LogP contribution in [0.2, 0.25) is 13.1 Å². The van der Waals surface area contributed by atoms with E-state index in [-0.39, 0.29) is 11.6 Å². The van der Waals surface area contributed by atoms with Crippen LogP contribution in [0.15, 0.2) is 48.5 Å². The van der Waals surface area contributed by atoms with Gasteiger partial charge in [-0.3, -0.25) is 19.4 Å². The van der Waals surface area contributed by atoms with Gasteiger partial charge < -0.3 is 9.47 Å². The smallest absolute Gasteiger partial charge is 0.182 e. The number of carbonyl (C=O) groups is 2. The average molecular weight is 523 g/mol. The van der Waals surface area contributed by atoms with E-state index >= 15 is 0 Å². The van der Waals surface area contributed by atoms with Gasteiger partial charge in [0.2, 0.25) is 0 Å². The van der Waals surface area contributed by atoms with E-state index in [1.54, 1.807) is 0 Å². The van der Waals surface area contributed by atoms with Crippen LogP contribution in [-0.4, -0.2) is 93.1 Å². The summed E-state index contributed by atoms with van der Waals surface area (Å²) in [6.07, 6.45) is 0. The molecule has 2 aromatic carbocycles. The maximum absolute atomic E-state index is 13.4. The highest BCUT2D eigenvalue weighted by molar-refractivity contribution is 7.00. The Bertz CT molecular complexity index is 1010. The number of ether oxygens (including phenoxy) is 2. The van der Waals surface area contributed by atoms with Gasteiger partial charge >= 0.3 is 0 Å². The van der Waals surface area contributed by atoms with Gasteiger partial charge in [0, 0.05) is 37.3 Å². The molecule has 6 nitrogen and oxygen atoms in total. The number of ketones is 2. The summed E-state index contributed by atoms with van der Waals surface area (Å²) in [7, 11) is -2.00. The molecule has 0 spiro atoms. The number of benzene rings is 2. The van der Waals surface area contributed by atoms with Crippen LogP contribution in [0, 0.1) is 0 Å². The molecular weight excluding hydrogens is 480 g/mol. The second-order valence-electron chi connectivity index (χ2n) is 11.8. The van der Waals surface area contributed by atoms with Crippen molar-refractivity contribution in [2.24, 2.45) is 0 Å². The van der Waals surface area contributed by atoms with Gasteiger partial charge in [-0.25, -0.2) is 0 Å². The Kier molecular flexibility index (Phi) is 8.21. The van der Waals surface area contributed by atoms with Gasteiger partial charge in [0.25, 0.3) is 0 Å². The van der Waals surface area contributed by atoms with E-state index in [2.05, 4.69) is 47.2 Å². The fourth-order valence-corrected chi connectivity index (χ4v) is 7.81. The highest BCUT2D eigenvalue weighted by Gasteiger charge is 2.37. The van der Waals surface area contributed by atoms with E-state index in [4.69, 9.17) is 9.47 Å². The van der Waals surface area contributed by atoms with E-state index in [0.717, 1.165) is 37.3 Å². The quantitative estimate of drug-likeness (QED) is 0.392. The number of hydrogen-bond acceptors (Lipinski definition) is 6. The molecular formula is C30H42N2O4Si. The van der Waals surface area contributed by atoms with Gasteiger partial charge in [-0.2, -0.15) is 0 Å². The van der Waals surface area contributed by atoms with Crippen LogP contribution >= 0.6 is 0 Å². The third-order valence-electron chi connectivity index (χ3n) is 8.45. The minimum absolute atomic E-state index is 0.145. The number of morpholine rings is 2. The molecule has 0 aliphatic carbocycles. The number of carbonyl (C=O) groups excluding carboxylic acids is 2. The topological polar surface area (TPSA) is 59.1 Å². The molecule has 2 aliphatic rings. The summed E-state index contributed by atoms with van der Waals surface area (Å²) < 4.78 is 10.9. The molecule has 2 fully saturated rings. The summed E-state index contributed by atoms with van der Waals surface area (Å²) in [4.78, 5) is 31.2. The van der Waals surface area contributed by atoms with Gasteiger partial charge in [-0.15, -0.1) is 0 Å². The van der Waals surface area contributed by atoms with E-state index in [1.807, 2.05) is 52.0 Å². The highest BCUT2D eigenvalue weighted by Crippen LogP contribution is 2.23. The number of rotatable bonds is 8. The number of hydrogen-bond donors (Lipinski definition) is 0. The van der Waals surface area contributed by atoms with Crippen LogP contribution in [0.25, 0.3) is 0 Å². The van der Waals surface area contributed by atoms with Gasteiger partial charge in [-0.1, -0.05) is 72.0 Å². The van der Waals surface area contributed by atoms with Crippen molar-refractivity contribution < 1.29 is 19.1 Å². The van der Waals surface area contributed by atoms with Crippen LogP contribution in [0.1, 0.15) is 48.4 Å². The van der Waals surface area contributed by atoms with E-state index < -0.39 is 19.2 Å². The highest BCUT2D eigenvalue weighted by atomic mass is 28.3. The minimum atomic E-state index is -2.00. The summed E-state index contributed by atoms with van der Waals surface area (Å²) in [5.41, 5.74) is 0.373. The van der Waals surface area contributed by atoms with Crippen molar-refractivity contribution in [3.63, 3.8) is 0 Å². The first-order chi connectivity index (χ1) is 17.5. The van der Waals surface area contributed by atoms with Crippen LogP contribution in [-0.2, 0) is 9.47 Å². The van der Waals surface area contributed by atoms with Gasteiger partial charge in [0.15, 0.2) is 11.6 Å². The van der Waals surface area contributed by atoms with Crippen molar-refractivity contribution in [1.82, 2.24) is 9.80 Å². The monoisotopic (exact) mass is 522 g/mol. The molecule has 2 heterocycles. The molecule has 0 amide bonds. The molecule has 0 bridgehead atoms. The van der Waals surface area contributed by atoms with Gasteiger partial charge in [0.1, 0.15) is 8.07 Å². The molecule has 0 aromatic heterocycles. The largest absolute Gasteiger partial charge is 0.379 e. The van der Waals surface area contributed by atoms with Gasteiger partial charge in [-0.05, 0) is 27.7 Å². The first kappa shape index (κ1) is 27.9. The summed E-state index contributed by atoms with van der Waals surface area (Å²) >= 11 is 0. The Morgan fingerprint density at radius 3 is 1.22 bits per heavy atom. The minimum Gasteiger partial charge on any atom is -0.379 e. The maximum atomic E-state index is 13.4. The van der Waals surface area contributed by atoms with Crippen LogP contribution in [0.3, 0.4) is 0 Å². The molecule has 200 valence electrons. The molecule has 0 unspecified atom stereocenters. The third kappa shape index (κ3) is 5.66. The first-order valence-corrected chi connectivity index (χ1v) is 16.4. The summed E-state index contributed by atoms with van der Waals surface area (Å²) in [5.74, 6) is 0.289. The summed E-state index contributed by atoms with van der Waals surface area (Å²) in [6.45, 7) is 18.5. The predicted octanol–water partition coefficient (Wildman–Crippen LogP) is 3.10.